The van der Waals surface area contributed by atoms with Gasteiger partial charge in [0.05, 0.1) is 18.1 Å². The van der Waals surface area contributed by atoms with E-state index in [1.807, 2.05) is 4.90 Å². The van der Waals surface area contributed by atoms with E-state index in [-0.39, 0.29) is 17.0 Å². The standard InChI is InChI=1S/C27H57N.BrH/c1-7-10-13-16-19-22-25(4)28(26(5)23-20-17-14-11-8-2)27(6)24-21-18-15-12-9-3;/h25-27H,7-24H2,1-6H3;1H. The molecule has 0 aromatic carbocycles. The van der Waals surface area contributed by atoms with Gasteiger partial charge in [-0.05, 0) is 59.3 Å². The Balaban J connectivity index is 0. The summed E-state index contributed by atoms with van der Waals surface area (Å²) in [7, 11) is 0. The molecule has 0 aromatic heterocycles. The predicted octanol–water partition coefficient (Wildman–Crippen LogP) is 5.12. The van der Waals surface area contributed by atoms with Crippen LogP contribution in [0.1, 0.15) is 157 Å². The first kappa shape index (κ1) is 31.6. The Labute approximate surface area is 197 Å². The van der Waals surface area contributed by atoms with Gasteiger partial charge in [-0.25, -0.2) is 0 Å². The third-order valence-electron chi connectivity index (χ3n) is 6.93. The van der Waals surface area contributed by atoms with Crippen molar-refractivity contribution < 1.29 is 21.9 Å². The molecule has 0 fully saturated rings. The molecule has 3 atom stereocenters. The van der Waals surface area contributed by atoms with Gasteiger partial charge < -0.3 is 21.9 Å². The van der Waals surface area contributed by atoms with Crippen LogP contribution in [0, 0.1) is 0 Å². The van der Waals surface area contributed by atoms with Crippen LogP contribution in [0.2, 0.25) is 0 Å². The van der Waals surface area contributed by atoms with E-state index >= 15 is 0 Å². The van der Waals surface area contributed by atoms with Gasteiger partial charge in [-0.2, -0.15) is 0 Å². The molecule has 0 aliphatic heterocycles. The Bertz CT molecular complexity index is 259. The molecule has 0 heterocycles. The molecule has 3 unspecified atom stereocenters. The van der Waals surface area contributed by atoms with Crippen molar-refractivity contribution in [3.05, 3.63) is 0 Å². The minimum absolute atomic E-state index is 0. The highest BCUT2D eigenvalue weighted by Crippen LogP contribution is 2.11. The smallest absolute Gasteiger partial charge is 0.0850 e. The van der Waals surface area contributed by atoms with Crippen LogP contribution in [0.25, 0.3) is 0 Å². The maximum absolute atomic E-state index is 2.55. The quantitative estimate of drug-likeness (QED) is 0.219. The van der Waals surface area contributed by atoms with Crippen LogP contribution in [-0.4, -0.2) is 18.1 Å². The minimum atomic E-state index is 0. The lowest BCUT2D eigenvalue weighted by Crippen LogP contribution is -3.21. The van der Waals surface area contributed by atoms with Crippen LogP contribution >= 0.6 is 0 Å². The summed E-state index contributed by atoms with van der Waals surface area (Å²) in [6, 6.07) is 2.49. The molecule has 1 nitrogen and oxygen atoms in total. The second-order valence-corrected chi connectivity index (χ2v) is 9.81. The molecular weight excluding hydrogens is 418 g/mol. The summed E-state index contributed by atoms with van der Waals surface area (Å²) >= 11 is 0. The molecule has 0 spiro atoms. The fourth-order valence-electron chi connectivity index (χ4n) is 5.12. The number of unbranched alkanes of at least 4 members (excludes halogenated alkanes) is 12. The first-order valence-corrected chi connectivity index (χ1v) is 13.4. The summed E-state index contributed by atoms with van der Waals surface area (Å²) < 4.78 is 0. The van der Waals surface area contributed by atoms with Crippen molar-refractivity contribution in [3.8, 4) is 0 Å². The molecule has 1 N–H and O–H groups in total. The number of hydrogen-bond donors (Lipinski definition) is 1. The van der Waals surface area contributed by atoms with Gasteiger partial charge in [-0.3, -0.25) is 0 Å². The topological polar surface area (TPSA) is 4.44 Å². The zero-order valence-electron chi connectivity index (χ0n) is 21.3. The van der Waals surface area contributed by atoms with E-state index in [9.17, 15) is 0 Å². The molecule has 0 aliphatic rings. The molecule has 0 amide bonds. The maximum Gasteiger partial charge on any atom is 0.0850 e. The molecule has 0 bridgehead atoms. The Morgan fingerprint density at radius 1 is 0.414 bits per heavy atom. The van der Waals surface area contributed by atoms with E-state index in [4.69, 9.17) is 0 Å². The van der Waals surface area contributed by atoms with Crippen molar-refractivity contribution in [1.29, 1.82) is 0 Å². The van der Waals surface area contributed by atoms with Crippen molar-refractivity contribution in [2.75, 3.05) is 0 Å². The highest BCUT2D eigenvalue weighted by Gasteiger charge is 2.28. The largest absolute Gasteiger partial charge is 1.00 e. The first-order valence-electron chi connectivity index (χ1n) is 13.4. The highest BCUT2D eigenvalue weighted by atomic mass is 79.9. The van der Waals surface area contributed by atoms with Gasteiger partial charge in [0.15, 0.2) is 0 Å². The summed E-state index contributed by atoms with van der Waals surface area (Å²) in [5.41, 5.74) is 0. The minimum Gasteiger partial charge on any atom is -1.00 e. The SMILES string of the molecule is CCCCCCCC(C)[NH+](C(C)CCCCCCC)C(C)CCCCCCC.[Br-]. The number of nitrogens with one attached hydrogen (secondary N) is 1. The van der Waals surface area contributed by atoms with E-state index in [0.717, 1.165) is 18.1 Å². The second kappa shape index (κ2) is 23.1. The average molecular weight is 477 g/mol. The molecule has 2 heteroatoms. The molecule has 29 heavy (non-hydrogen) atoms. The maximum atomic E-state index is 2.55. The zero-order chi connectivity index (χ0) is 21.0. The normalized spacial score (nSPS) is 15.5. The molecule has 0 aromatic rings. The third kappa shape index (κ3) is 17.8. The van der Waals surface area contributed by atoms with Gasteiger partial charge in [-0.15, -0.1) is 0 Å². The summed E-state index contributed by atoms with van der Waals surface area (Å²) in [4.78, 5) is 1.93. The number of hydrogen-bond acceptors (Lipinski definition) is 0. The van der Waals surface area contributed by atoms with Crippen LogP contribution in [0.15, 0.2) is 0 Å². The number of rotatable bonds is 21. The lowest BCUT2D eigenvalue weighted by molar-refractivity contribution is -0.968. The molecular formula is C27H58BrN. The molecule has 0 saturated heterocycles. The highest BCUT2D eigenvalue weighted by molar-refractivity contribution is 4.61. The third-order valence-corrected chi connectivity index (χ3v) is 6.93. The van der Waals surface area contributed by atoms with Crippen LogP contribution in [-0.2, 0) is 0 Å². The molecule has 178 valence electrons. The fourth-order valence-corrected chi connectivity index (χ4v) is 5.12. The molecule has 0 aliphatic carbocycles. The van der Waals surface area contributed by atoms with E-state index in [2.05, 4.69) is 41.5 Å². The summed E-state index contributed by atoms with van der Waals surface area (Å²) in [6.07, 6.45) is 25.6. The molecule has 0 saturated carbocycles. The van der Waals surface area contributed by atoms with E-state index in [1.54, 1.807) is 0 Å². The lowest BCUT2D eigenvalue weighted by Gasteiger charge is -2.37. The summed E-state index contributed by atoms with van der Waals surface area (Å²) in [6.45, 7) is 14.6. The summed E-state index contributed by atoms with van der Waals surface area (Å²) in [5.74, 6) is 0. The van der Waals surface area contributed by atoms with Crippen molar-refractivity contribution in [2.45, 2.75) is 175 Å². The van der Waals surface area contributed by atoms with Crippen LogP contribution in [0.5, 0.6) is 0 Å². The summed E-state index contributed by atoms with van der Waals surface area (Å²) in [5, 5.41) is 0. The van der Waals surface area contributed by atoms with Crippen molar-refractivity contribution in [2.24, 2.45) is 0 Å². The van der Waals surface area contributed by atoms with Crippen LogP contribution < -0.4 is 21.9 Å². The van der Waals surface area contributed by atoms with Gasteiger partial charge in [0.25, 0.3) is 0 Å². The van der Waals surface area contributed by atoms with Crippen LogP contribution in [0.4, 0.5) is 0 Å². The van der Waals surface area contributed by atoms with E-state index in [1.165, 1.54) is 116 Å². The van der Waals surface area contributed by atoms with Crippen LogP contribution in [0.3, 0.4) is 0 Å². The van der Waals surface area contributed by atoms with Crippen molar-refractivity contribution in [3.63, 3.8) is 0 Å². The molecule has 0 radical (unpaired) electrons. The average Bonchev–Trinajstić information content (AvgIpc) is 2.67. The fraction of sp³-hybridized carbons (Fsp3) is 1.00. The first-order chi connectivity index (χ1) is 13.6. The second-order valence-electron chi connectivity index (χ2n) is 9.81. The van der Waals surface area contributed by atoms with Gasteiger partial charge >= 0.3 is 0 Å². The monoisotopic (exact) mass is 475 g/mol. The Morgan fingerprint density at radius 2 is 0.655 bits per heavy atom. The van der Waals surface area contributed by atoms with Gasteiger partial charge in [-0.1, -0.05) is 97.8 Å². The zero-order valence-corrected chi connectivity index (χ0v) is 22.9. The number of quaternary nitrogens is 1. The van der Waals surface area contributed by atoms with Crippen molar-refractivity contribution in [1.82, 2.24) is 0 Å². The Kier molecular flexibility index (Phi) is 25.2. The predicted molar refractivity (Wildman–Crippen MR) is 129 cm³/mol. The van der Waals surface area contributed by atoms with Gasteiger partial charge in [0.1, 0.15) is 0 Å². The number of halogens is 1. The Hall–Kier alpha value is 0.440. The van der Waals surface area contributed by atoms with Gasteiger partial charge in [0, 0.05) is 0 Å². The van der Waals surface area contributed by atoms with E-state index < -0.39 is 0 Å². The van der Waals surface area contributed by atoms with Crippen molar-refractivity contribution >= 4 is 0 Å². The molecule has 0 rings (SSSR count). The Morgan fingerprint density at radius 3 is 0.897 bits per heavy atom. The van der Waals surface area contributed by atoms with Gasteiger partial charge in [0.2, 0.25) is 0 Å². The lowest BCUT2D eigenvalue weighted by atomic mass is 9.97. The van der Waals surface area contributed by atoms with E-state index in [0.29, 0.717) is 0 Å².